The van der Waals surface area contributed by atoms with Gasteiger partial charge in [0.1, 0.15) is 5.25 Å². The minimum absolute atomic E-state index is 0.119. The zero-order valence-electron chi connectivity index (χ0n) is 9.72. The van der Waals surface area contributed by atoms with Gasteiger partial charge in [-0.15, -0.1) is 6.58 Å². The number of benzene rings is 1. The molecule has 0 aliphatic rings. The fourth-order valence-corrected chi connectivity index (χ4v) is 3.51. The molecule has 0 unspecified atom stereocenters. The van der Waals surface area contributed by atoms with Crippen molar-refractivity contribution in [2.45, 2.75) is 29.6 Å². The van der Waals surface area contributed by atoms with E-state index in [-0.39, 0.29) is 4.90 Å². The van der Waals surface area contributed by atoms with Crippen LogP contribution in [0.25, 0.3) is 0 Å². The van der Waals surface area contributed by atoms with Crippen LogP contribution in [0.15, 0.2) is 41.8 Å². The van der Waals surface area contributed by atoms with Crippen molar-refractivity contribution in [2.75, 3.05) is 0 Å². The van der Waals surface area contributed by atoms with E-state index in [1.807, 2.05) is 0 Å². The summed E-state index contributed by atoms with van der Waals surface area (Å²) in [6.45, 7) is 6.35. The first-order valence-electron chi connectivity index (χ1n) is 5.04. The second-order valence-electron chi connectivity index (χ2n) is 4.31. The molecule has 0 amide bonds. The van der Waals surface area contributed by atoms with Crippen molar-refractivity contribution in [3.63, 3.8) is 0 Å². The molecule has 5 heteroatoms. The fourth-order valence-electron chi connectivity index (χ4n) is 1.57. The fraction of sp³-hybridized carbons (Fsp3) is 0.333. The second-order valence-corrected chi connectivity index (χ2v) is 6.81. The van der Waals surface area contributed by atoms with Gasteiger partial charge in [0.05, 0.1) is 10.5 Å². The van der Waals surface area contributed by atoms with Gasteiger partial charge in [0.15, 0.2) is 9.84 Å². The number of hydrogen-bond donors (Lipinski definition) is 1. The van der Waals surface area contributed by atoms with E-state index < -0.39 is 20.7 Å². The second kappa shape index (κ2) is 4.80. The first kappa shape index (κ1) is 14.2. The van der Waals surface area contributed by atoms with E-state index in [0.29, 0.717) is 5.02 Å². The Balaban J connectivity index is 3.27. The Bertz CT molecular complexity index is 498. The van der Waals surface area contributed by atoms with Crippen LogP contribution in [-0.4, -0.2) is 24.4 Å². The van der Waals surface area contributed by atoms with Gasteiger partial charge in [0.2, 0.25) is 0 Å². The maximum Gasteiger partial charge on any atom is 0.187 e. The van der Waals surface area contributed by atoms with E-state index in [0.717, 1.165) is 0 Å². The average molecular weight is 275 g/mol. The quantitative estimate of drug-likeness (QED) is 0.858. The van der Waals surface area contributed by atoms with Crippen LogP contribution in [0, 0.1) is 0 Å². The molecular weight excluding hydrogens is 260 g/mol. The van der Waals surface area contributed by atoms with E-state index in [4.69, 9.17) is 11.6 Å². The van der Waals surface area contributed by atoms with Crippen molar-refractivity contribution in [3.8, 4) is 0 Å². The van der Waals surface area contributed by atoms with Crippen LogP contribution < -0.4 is 0 Å². The molecule has 0 saturated carbocycles. The Morgan fingerprint density at radius 3 is 2.18 bits per heavy atom. The molecule has 0 aromatic heterocycles. The van der Waals surface area contributed by atoms with Gasteiger partial charge in [-0.05, 0) is 38.1 Å². The average Bonchev–Trinajstić information content (AvgIpc) is 2.16. The Kier molecular flexibility index (Phi) is 4.02. The van der Waals surface area contributed by atoms with Crippen LogP contribution in [0.5, 0.6) is 0 Å². The van der Waals surface area contributed by atoms with Gasteiger partial charge in [-0.25, -0.2) is 8.42 Å². The van der Waals surface area contributed by atoms with E-state index in [9.17, 15) is 13.5 Å². The number of aliphatic hydroxyl groups is 1. The molecular formula is C12H15ClO3S. The third-order valence-corrected chi connectivity index (χ3v) is 5.01. The summed E-state index contributed by atoms with van der Waals surface area (Å²) in [6, 6.07) is 5.83. The standard InChI is InChI=1S/C12H15ClO3S/c1-4-11(12(2,3)14)17(15,16)10-7-5-9(13)6-8-10/h4-8,11,14H,1H2,2-3H3/t11-/m0/s1. The number of rotatable bonds is 4. The number of sulfone groups is 1. The molecule has 17 heavy (non-hydrogen) atoms. The highest BCUT2D eigenvalue weighted by Crippen LogP contribution is 2.26. The minimum Gasteiger partial charge on any atom is -0.389 e. The SMILES string of the molecule is C=C[C@@H](C(C)(C)O)S(=O)(=O)c1ccc(Cl)cc1. The van der Waals surface area contributed by atoms with Crippen molar-refractivity contribution in [1.82, 2.24) is 0 Å². The highest BCUT2D eigenvalue weighted by atomic mass is 35.5. The molecule has 0 saturated heterocycles. The molecule has 1 rings (SSSR count). The van der Waals surface area contributed by atoms with Crippen LogP contribution in [0.2, 0.25) is 5.02 Å². The molecule has 0 bridgehead atoms. The lowest BCUT2D eigenvalue weighted by Gasteiger charge is -2.26. The van der Waals surface area contributed by atoms with Gasteiger partial charge in [0, 0.05) is 5.02 Å². The maximum absolute atomic E-state index is 12.2. The third kappa shape index (κ3) is 3.09. The molecule has 1 atom stereocenters. The lowest BCUT2D eigenvalue weighted by molar-refractivity contribution is 0.0868. The number of hydrogen-bond acceptors (Lipinski definition) is 3. The van der Waals surface area contributed by atoms with Gasteiger partial charge in [0.25, 0.3) is 0 Å². The zero-order chi connectivity index (χ0) is 13.3. The number of halogens is 1. The summed E-state index contributed by atoms with van der Waals surface area (Å²) < 4.78 is 24.5. The Hall–Kier alpha value is -0.840. The predicted octanol–water partition coefficient (Wildman–Crippen LogP) is 2.44. The van der Waals surface area contributed by atoms with E-state index in [2.05, 4.69) is 6.58 Å². The topological polar surface area (TPSA) is 54.4 Å². The molecule has 0 spiro atoms. The Morgan fingerprint density at radius 1 is 1.35 bits per heavy atom. The third-order valence-electron chi connectivity index (χ3n) is 2.39. The summed E-state index contributed by atoms with van der Waals surface area (Å²) >= 11 is 5.70. The van der Waals surface area contributed by atoms with E-state index >= 15 is 0 Å². The highest BCUT2D eigenvalue weighted by Gasteiger charge is 2.36. The van der Waals surface area contributed by atoms with Crippen LogP contribution in [0.1, 0.15) is 13.8 Å². The van der Waals surface area contributed by atoms with E-state index in [1.54, 1.807) is 0 Å². The summed E-state index contributed by atoms with van der Waals surface area (Å²) in [4.78, 5) is 0.119. The van der Waals surface area contributed by atoms with Crippen molar-refractivity contribution in [2.24, 2.45) is 0 Å². The molecule has 1 aromatic carbocycles. The van der Waals surface area contributed by atoms with Crippen molar-refractivity contribution in [3.05, 3.63) is 41.9 Å². The molecule has 1 aromatic rings. The van der Waals surface area contributed by atoms with Gasteiger partial charge in [-0.3, -0.25) is 0 Å². The smallest absolute Gasteiger partial charge is 0.187 e. The van der Waals surface area contributed by atoms with Crippen LogP contribution in [-0.2, 0) is 9.84 Å². The maximum atomic E-state index is 12.2. The van der Waals surface area contributed by atoms with Crippen molar-refractivity contribution in [1.29, 1.82) is 0 Å². The molecule has 3 nitrogen and oxygen atoms in total. The molecule has 0 aliphatic heterocycles. The molecule has 1 N–H and O–H groups in total. The molecule has 0 aliphatic carbocycles. The van der Waals surface area contributed by atoms with Crippen LogP contribution in [0.3, 0.4) is 0 Å². The summed E-state index contributed by atoms with van der Waals surface area (Å²) in [5.41, 5.74) is -1.39. The van der Waals surface area contributed by atoms with Gasteiger partial charge < -0.3 is 5.11 Å². The van der Waals surface area contributed by atoms with Gasteiger partial charge in [-0.1, -0.05) is 17.7 Å². The molecule has 0 heterocycles. The zero-order valence-corrected chi connectivity index (χ0v) is 11.3. The summed E-state index contributed by atoms with van der Waals surface area (Å²) in [7, 11) is -3.65. The van der Waals surface area contributed by atoms with Crippen molar-refractivity contribution >= 4 is 21.4 Å². The largest absolute Gasteiger partial charge is 0.389 e. The van der Waals surface area contributed by atoms with Gasteiger partial charge in [-0.2, -0.15) is 0 Å². The molecule has 0 fully saturated rings. The first-order valence-corrected chi connectivity index (χ1v) is 6.96. The molecule has 94 valence electrons. The minimum atomic E-state index is -3.65. The summed E-state index contributed by atoms with van der Waals surface area (Å²) in [5.74, 6) is 0. The molecule has 0 radical (unpaired) electrons. The first-order chi connectivity index (χ1) is 7.69. The van der Waals surface area contributed by atoms with E-state index in [1.165, 1.54) is 44.2 Å². The lowest BCUT2D eigenvalue weighted by atomic mass is 10.1. The normalized spacial score (nSPS) is 14.4. The summed E-state index contributed by atoms with van der Waals surface area (Å²) in [5, 5.41) is 9.25. The lowest BCUT2D eigenvalue weighted by Crippen LogP contribution is -2.40. The van der Waals surface area contributed by atoms with Gasteiger partial charge >= 0.3 is 0 Å². The summed E-state index contributed by atoms with van der Waals surface area (Å²) in [6.07, 6.45) is 1.24. The van der Waals surface area contributed by atoms with Crippen LogP contribution >= 0.6 is 11.6 Å². The monoisotopic (exact) mass is 274 g/mol. The van der Waals surface area contributed by atoms with Crippen molar-refractivity contribution < 1.29 is 13.5 Å². The van der Waals surface area contributed by atoms with Crippen LogP contribution in [0.4, 0.5) is 0 Å². The highest BCUT2D eigenvalue weighted by molar-refractivity contribution is 7.92. The Labute approximate surface area is 107 Å². The predicted molar refractivity (Wildman–Crippen MR) is 68.9 cm³/mol. The Morgan fingerprint density at radius 2 is 1.82 bits per heavy atom.